The van der Waals surface area contributed by atoms with Crippen LogP contribution in [0.25, 0.3) is 6.08 Å². The third-order valence-corrected chi connectivity index (χ3v) is 6.47. The molecule has 2 aliphatic heterocycles. The Kier molecular flexibility index (Phi) is 4.95. The highest BCUT2D eigenvalue weighted by Gasteiger charge is 2.36. The summed E-state index contributed by atoms with van der Waals surface area (Å²) in [7, 11) is 0. The molecule has 1 saturated heterocycles. The molecule has 0 aliphatic carbocycles. The summed E-state index contributed by atoms with van der Waals surface area (Å²) < 4.78 is 0. The minimum absolute atomic E-state index is 0.138. The van der Waals surface area contributed by atoms with E-state index >= 15 is 0 Å². The molecule has 1 atom stereocenters. The van der Waals surface area contributed by atoms with Crippen LogP contribution in [0.3, 0.4) is 0 Å². The van der Waals surface area contributed by atoms with Crippen molar-refractivity contribution in [3.8, 4) is 0 Å². The van der Waals surface area contributed by atoms with Crippen molar-refractivity contribution >= 4 is 34.7 Å². The molecule has 1 aromatic rings. The van der Waals surface area contributed by atoms with Crippen LogP contribution >= 0.6 is 11.8 Å². The van der Waals surface area contributed by atoms with Crippen LogP contribution in [0.1, 0.15) is 63.6 Å². The van der Waals surface area contributed by atoms with Gasteiger partial charge in [-0.2, -0.15) is 0 Å². The van der Waals surface area contributed by atoms with Crippen LogP contribution in [-0.4, -0.2) is 34.7 Å². The summed E-state index contributed by atoms with van der Waals surface area (Å²) in [5.74, 6) is 0.283. The lowest BCUT2D eigenvalue weighted by Crippen LogP contribution is -2.48. The molecule has 4 nitrogen and oxygen atoms in total. The molecule has 1 aromatic carbocycles. The van der Waals surface area contributed by atoms with Crippen LogP contribution in [0.2, 0.25) is 0 Å². The van der Waals surface area contributed by atoms with Gasteiger partial charge in [0.1, 0.15) is 0 Å². The Balaban J connectivity index is 2.05. The van der Waals surface area contributed by atoms with Gasteiger partial charge in [-0.1, -0.05) is 6.92 Å². The number of amides is 2. The molecule has 140 valence electrons. The highest BCUT2D eigenvalue weighted by molar-refractivity contribution is 8.18. The predicted molar refractivity (Wildman–Crippen MR) is 110 cm³/mol. The molecule has 2 heterocycles. The molecule has 0 N–H and O–H groups in total. The van der Waals surface area contributed by atoms with Gasteiger partial charge in [0.2, 0.25) is 0 Å². The van der Waals surface area contributed by atoms with Crippen molar-refractivity contribution in [1.82, 2.24) is 4.90 Å². The van der Waals surface area contributed by atoms with E-state index in [0.29, 0.717) is 17.4 Å². The number of carbonyl (C=O) groups excluding carboxylic acids is 2. The van der Waals surface area contributed by atoms with E-state index in [0.717, 1.165) is 35.9 Å². The van der Waals surface area contributed by atoms with Gasteiger partial charge in [0.05, 0.1) is 4.91 Å². The number of hydrogen-bond acceptors (Lipinski definition) is 4. The molecule has 0 aromatic heterocycles. The lowest BCUT2D eigenvalue weighted by Gasteiger charge is -2.47. The SMILES string of the molecule is CCN1C(=O)S/C(=C\c2cc3c(cc2C)N(CC)C(C)(C)CC3C)C1=O. The van der Waals surface area contributed by atoms with Crippen LogP contribution in [0, 0.1) is 6.92 Å². The van der Waals surface area contributed by atoms with Gasteiger partial charge in [-0.25, -0.2) is 0 Å². The molecule has 1 unspecified atom stereocenters. The number of benzene rings is 1. The number of likely N-dealkylation sites (N-methyl/N-ethyl adjacent to an activating group) is 1. The number of anilines is 1. The summed E-state index contributed by atoms with van der Waals surface area (Å²) in [4.78, 5) is 28.7. The maximum Gasteiger partial charge on any atom is 0.293 e. The van der Waals surface area contributed by atoms with Gasteiger partial charge in [-0.15, -0.1) is 0 Å². The monoisotopic (exact) mass is 372 g/mol. The predicted octanol–water partition coefficient (Wildman–Crippen LogP) is 5.16. The smallest absolute Gasteiger partial charge is 0.293 e. The van der Waals surface area contributed by atoms with Crippen molar-refractivity contribution in [2.75, 3.05) is 18.0 Å². The third kappa shape index (κ3) is 3.07. The van der Waals surface area contributed by atoms with Gasteiger partial charge >= 0.3 is 0 Å². The van der Waals surface area contributed by atoms with Crippen LogP contribution < -0.4 is 4.90 Å². The quantitative estimate of drug-likeness (QED) is 0.687. The molecule has 5 heteroatoms. The van der Waals surface area contributed by atoms with Gasteiger partial charge in [0, 0.05) is 24.3 Å². The summed E-state index contributed by atoms with van der Waals surface area (Å²) >= 11 is 1.04. The summed E-state index contributed by atoms with van der Waals surface area (Å²) in [6.07, 6.45) is 2.99. The Morgan fingerprint density at radius 3 is 2.50 bits per heavy atom. The molecule has 1 fully saturated rings. The zero-order valence-corrected chi connectivity index (χ0v) is 17.4. The minimum Gasteiger partial charge on any atom is -0.366 e. The summed E-state index contributed by atoms with van der Waals surface area (Å²) in [6, 6.07) is 4.46. The van der Waals surface area contributed by atoms with E-state index in [9.17, 15) is 9.59 Å². The summed E-state index contributed by atoms with van der Waals surface area (Å²) in [5.41, 5.74) is 4.94. The number of imide groups is 1. The fourth-order valence-electron chi connectivity index (χ4n) is 4.32. The van der Waals surface area contributed by atoms with Crippen molar-refractivity contribution in [2.45, 2.75) is 59.4 Å². The Morgan fingerprint density at radius 1 is 1.23 bits per heavy atom. The van der Waals surface area contributed by atoms with Crippen LogP contribution in [0.5, 0.6) is 0 Å². The molecule has 26 heavy (non-hydrogen) atoms. The normalized spacial score (nSPS) is 23.8. The van der Waals surface area contributed by atoms with Crippen molar-refractivity contribution in [3.63, 3.8) is 0 Å². The fourth-order valence-corrected chi connectivity index (χ4v) is 5.21. The van der Waals surface area contributed by atoms with E-state index in [2.05, 4.69) is 51.7 Å². The fraction of sp³-hybridized carbons (Fsp3) is 0.524. The van der Waals surface area contributed by atoms with E-state index in [4.69, 9.17) is 0 Å². The maximum absolute atomic E-state index is 12.4. The zero-order chi connectivity index (χ0) is 19.2. The first-order valence-electron chi connectivity index (χ1n) is 9.37. The molecule has 3 rings (SSSR count). The second-order valence-electron chi connectivity index (χ2n) is 7.86. The number of thioether (sulfide) groups is 1. The van der Waals surface area contributed by atoms with Crippen LogP contribution in [0.15, 0.2) is 17.0 Å². The largest absolute Gasteiger partial charge is 0.366 e. The number of nitrogens with zero attached hydrogens (tertiary/aromatic N) is 2. The highest BCUT2D eigenvalue weighted by Crippen LogP contribution is 2.44. The third-order valence-electron chi connectivity index (χ3n) is 5.57. The molecule has 0 bridgehead atoms. The molecular formula is C21H28N2O2S. The number of rotatable bonds is 3. The number of hydrogen-bond donors (Lipinski definition) is 0. The molecule has 0 spiro atoms. The van der Waals surface area contributed by atoms with Gasteiger partial charge in [-0.3, -0.25) is 14.5 Å². The summed E-state index contributed by atoms with van der Waals surface area (Å²) in [5, 5.41) is -0.174. The highest BCUT2D eigenvalue weighted by atomic mass is 32.2. The van der Waals surface area contributed by atoms with Crippen molar-refractivity contribution in [1.29, 1.82) is 0 Å². The zero-order valence-electron chi connectivity index (χ0n) is 16.5. The van der Waals surface area contributed by atoms with Crippen LogP contribution in [-0.2, 0) is 4.79 Å². The average molecular weight is 373 g/mol. The molecular weight excluding hydrogens is 344 g/mol. The average Bonchev–Trinajstić information content (AvgIpc) is 2.81. The lowest BCUT2D eigenvalue weighted by atomic mass is 9.79. The van der Waals surface area contributed by atoms with Gasteiger partial charge in [0.25, 0.3) is 11.1 Å². The van der Waals surface area contributed by atoms with Crippen LogP contribution in [0.4, 0.5) is 10.5 Å². The first-order chi connectivity index (χ1) is 12.2. The first kappa shape index (κ1) is 19.0. The van der Waals surface area contributed by atoms with E-state index in [1.165, 1.54) is 16.2 Å². The number of carbonyl (C=O) groups is 2. The van der Waals surface area contributed by atoms with Gasteiger partial charge in [-0.05, 0) is 93.6 Å². The van der Waals surface area contributed by atoms with Crippen molar-refractivity contribution < 1.29 is 9.59 Å². The number of fused-ring (bicyclic) bond motifs is 1. The van der Waals surface area contributed by atoms with E-state index < -0.39 is 0 Å². The Hall–Kier alpha value is -1.75. The Morgan fingerprint density at radius 2 is 1.92 bits per heavy atom. The second-order valence-corrected chi connectivity index (χ2v) is 8.85. The van der Waals surface area contributed by atoms with Gasteiger partial charge < -0.3 is 4.90 Å². The number of aryl methyl sites for hydroxylation is 1. The topological polar surface area (TPSA) is 40.6 Å². The van der Waals surface area contributed by atoms with Gasteiger partial charge in [0.15, 0.2) is 0 Å². The molecule has 0 radical (unpaired) electrons. The summed E-state index contributed by atoms with van der Waals surface area (Å²) in [6.45, 7) is 14.4. The van der Waals surface area contributed by atoms with E-state index in [1.807, 2.05) is 13.0 Å². The lowest BCUT2D eigenvalue weighted by molar-refractivity contribution is -0.122. The standard InChI is InChI=1S/C21H28N2O2S/c1-7-22-19(24)18(26-20(22)25)11-15-10-16-14(4)12-21(5,6)23(8-2)17(16)9-13(15)3/h9-11,14H,7-8,12H2,1-6H3/b18-11-. The Labute approximate surface area is 160 Å². The minimum atomic E-state index is -0.177. The van der Waals surface area contributed by atoms with Crippen molar-refractivity contribution in [2.24, 2.45) is 0 Å². The maximum atomic E-state index is 12.4. The molecule has 0 saturated carbocycles. The molecule has 2 aliphatic rings. The first-order valence-corrected chi connectivity index (χ1v) is 10.2. The molecule has 2 amide bonds. The van der Waals surface area contributed by atoms with E-state index in [-0.39, 0.29) is 16.7 Å². The van der Waals surface area contributed by atoms with Crippen molar-refractivity contribution in [3.05, 3.63) is 33.7 Å². The van der Waals surface area contributed by atoms with E-state index in [1.54, 1.807) is 0 Å². The Bertz CT molecular complexity index is 797. The second kappa shape index (κ2) is 6.76.